The zero-order valence-electron chi connectivity index (χ0n) is 14.8. The lowest BCUT2D eigenvalue weighted by Crippen LogP contribution is -2.24. The Kier molecular flexibility index (Phi) is 3.15. The fraction of sp³-hybridized carbons (Fsp3) is 0.292. The molecule has 0 amide bonds. The lowest BCUT2D eigenvalue weighted by molar-refractivity contribution is -0.121. The van der Waals surface area contributed by atoms with Gasteiger partial charge in [0.15, 0.2) is 0 Å². The summed E-state index contributed by atoms with van der Waals surface area (Å²) in [6, 6.07) is 13.4. The molecule has 0 spiro atoms. The van der Waals surface area contributed by atoms with Gasteiger partial charge in [0, 0.05) is 12.8 Å². The molecule has 0 N–H and O–H groups in total. The van der Waals surface area contributed by atoms with Crippen molar-refractivity contribution in [2.24, 2.45) is 5.92 Å². The van der Waals surface area contributed by atoms with Crippen LogP contribution >= 0.6 is 0 Å². The largest absolute Gasteiger partial charge is 0.300 e. The van der Waals surface area contributed by atoms with E-state index in [4.69, 9.17) is 0 Å². The predicted molar refractivity (Wildman–Crippen MR) is 105 cm³/mol. The predicted octanol–water partition coefficient (Wildman–Crippen LogP) is 6.09. The molecule has 0 aromatic heterocycles. The van der Waals surface area contributed by atoms with Crippen molar-refractivity contribution in [1.82, 2.24) is 0 Å². The van der Waals surface area contributed by atoms with Crippen LogP contribution in [0.15, 0.2) is 42.5 Å². The average molecular weight is 326 g/mol. The fourth-order valence-corrected chi connectivity index (χ4v) is 4.97. The minimum Gasteiger partial charge on any atom is -0.300 e. The second kappa shape index (κ2) is 5.29. The smallest absolute Gasteiger partial charge is 0.133 e. The van der Waals surface area contributed by atoms with Gasteiger partial charge in [-0.05, 0) is 75.9 Å². The quantitative estimate of drug-likeness (QED) is 0.457. The van der Waals surface area contributed by atoms with Gasteiger partial charge in [0.05, 0.1) is 0 Å². The minimum atomic E-state index is 0.343. The van der Waals surface area contributed by atoms with Crippen LogP contribution in [0.2, 0.25) is 0 Å². The van der Waals surface area contributed by atoms with Crippen molar-refractivity contribution in [3.63, 3.8) is 0 Å². The van der Waals surface area contributed by atoms with Crippen LogP contribution in [-0.2, 0) is 4.79 Å². The van der Waals surface area contributed by atoms with Gasteiger partial charge in [-0.1, -0.05) is 48.6 Å². The number of allylic oxidation sites excluding steroid dienone is 1. The van der Waals surface area contributed by atoms with Crippen LogP contribution in [0, 0.1) is 19.8 Å². The summed E-state index contributed by atoms with van der Waals surface area (Å²) < 4.78 is 0. The van der Waals surface area contributed by atoms with Crippen LogP contribution in [0.3, 0.4) is 0 Å². The van der Waals surface area contributed by atoms with Crippen molar-refractivity contribution in [2.45, 2.75) is 39.0 Å². The molecule has 2 aliphatic rings. The first-order valence-corrected chi connectivity index (χ1v) is 9.29. The highest BCUT2D eigenvalue weighted by molar-refractivity contribution is 6.13. The SMILES string of the molecule is Cc1ccc(C)c2c1ccc1ccc3c(c12)[C@H]1CC(=O)CC[C@H]1C=C3. The molecular formula is C24H22O. The van der Waals surface area contributed by atoms with E-state index in [1.807, 2.05) is 0 Å². The lowest BCUT2D eigenvalue weighted by atomic mass is 9.69. The number of Topliss-reactive ketones (excluding diaryl/α,β-unsaturated/α-hetero) is 1. The molecule has 124 valence electrons. The molecule has 0 saturated heterocycles. The highest BCUT2D eigenvalue weighted by Crippen LogP contribution is 2.47. The number of ketones is 1. The van der Waals surface area contributed by atoms with E-state index in [2.05, 4.69) is 62.4 Å². The summed E-state index contributed by atoms with van der Waals surface area (Å²) in [5.41, 5.74) is 5.37. The zero-order valence-corrected chi connectivity index (χ0v) is 14.8. The van der Waals surface area contributed by atoms with E-state index in [1.165, 1.54) is 43.8 Å². The summed E-state index contributed by atoms with van der Waals surface area (Å²) in [6.07, 6.45) is 7.07. The second-order valence-corrected chi connectivity index (χ2v) is 7.76. The number of aryl methyl sites for hydroxylation is 2. The summed E-state index contributed by atoms with van der Waals surface area (Å²) in [4.78, 5) is 12.2. The van der Waals surface area contributed by atoms with E-state index in [1.54, 1.807) is 0 Å². The molecule has 5 rings (SSSR count). The van der Waals surface area contributed by atoms with Gasteiger partial charge in [-0.15, -0.1) is 0 Å². The molecule has 0 aliphatic heterocycles. The third kappa shape index (κ3) is 2.12. The molecule has 0 bridgehead atoms. The van der Waals surface area contributed by atoms with Crippen molar-refractivity contribution in [3.8, 4) is 0 Å². The van der Waals surface area contributed by atoms with Gasteiger partial charge >= 0.3 is 0 Å². The Morgan fingerprint density at radius 1 is 0.920 bits per heavy atom. The molecule has 2 atom stereocenters. The standard InChI is InChI=1S/C24H22O/c1-14-3-4-15(2)22-20(14)12-10-18-8-7-17-6-5-16-9-11-19(25)13-21(16)23(17)24(18)22/h3-8,10,12,16,21H,9,11,13H2,1-2H3/t16-,21+/m1/s1. The van der Waals surface area contributed by atoms with Crippen LogP contribution < -0.4 is 0 Å². The molecule has 1 saturated carbocycles. The van der Waals surface area contributed by atoms with Crippen LogP contribution in [0.5, 0.6) is 0 Å². The maximum absolute atomic E-state index is 12.2. The number of carbonyl (C=O) groups is 1. The van der Waals surface area contributed by atoms with Gasteiger partial charge in [-0.25, -0.2) is 0 Å². The van der Waals surface area contributed by atoms with Crippen molar-refractivity contribution < 1.29 is 4.79 Å². The summed E-state index contributed by atoms with van der Waals surface area (Å²) in [5, 5.41) is 5.40. The van der Waals surface area contributed by atoms with E-state index in [0.29, 0.717) is 24.0 Å². The number of carbonyl (C=O) groups excluding carboxylic acids is 1. The summed E-state index contributed by atoms with van der Waals surface area (Å²) in [7, 11) is 0. The monoisotopic (exact) mass is 326 g/mol. The molecule has 2 aliphatic carbocycles. The highest BCUT2D eigenvalue weighted by atomic mass is 16.1. The Bertz CT molecular complexity index is 1070. The molecule has 3 aromatic carbocycles. The molecule has 0 radical (unpaired) electrons. The molecule has 1 fully saturated rings. The van der Waals surface area contributed by atoms with E-state index in [0.717, 1.165) is 12.8 Å². The summed E-state index contributed by atoms with van der Waals surface area (Å²) in [5.74, 6) is 1.28. The van der Waals surface area contributed by atoms with E-state index in [9.17, 15) is 4.79 Å². The molecule has 25 heavy (non-hydrogen) atoms. The summed E-state index contributed by atoms with van der Waals surface area (Å²) in [6.45, 7) is 4.40. The topological polar surface area (TPSA) is 17.1 Å². The fourth-order valence-electron chi connectivity index (χ4n) is 4.97. The van der Waals surface area contributed by atoms with Gasteiger partial charge in [-0.2, -0.15) is 0 Å². The van der Waals surface area contributed by atoms with Gasteiger partial charge in [-0.3, -0.25) is 4.79 Å². The Hall–Kier alpha value is -2.41. The van der Waals surface area contributed by atoms with Crippen molar-refractivity contribution >= 4 is 33.4 Å². The van der Waals surface area contributed by atoms with Crippen LogP contribution in [-0.4, -0.2) is 5.78 Å². The van der Waals surface area contributed by atoms with Crippen LogP contribution in [0.1, 0.15) is 47.4 Å². The highest BCUT2D eigenvalue weighted by Gasteiger charge is 2.33. The van der Waals surface area contributed by atoms with Gasteiger partial charge in [0.1, 0.15) is 5.78 Å². The first-order valence-electron chi connectivity index (χ1n) is 9.29. The molecule has 0 heterocycles. The van der Waals surface area contributed by atoms with Gasteiger partial charge in [0.2, 0.25) is 0 Å². The number of hydrogen-bond donors (Lipinski definition) is 0. The maximum Gasteiger partial charge on any atom is 0.133 e. The first kappa shape index (κ1) is 14.9. The van der Waals surface area contributed by atoms with E-state index < -0.39 is 0 Å². The van der Waals surface area contributed by atoms with Crippen molar-refractivity contribution in [2.75, 3.05) is 0 Å². The van der Waals surface area contributed by atoms with Crippen LogP contribution in [0.25, 0.3) is 27.6 Å². The molecular weight excluding hydrogens is 304 g/mol. The second-order valence-electron chi connectivity index (χ2n) is 7.76. The van der Waals surface area contributed by atoms with Crippen molar-refractivity contribution in [1.29, 1.82) is 0 Å². The third-order valence-electron chi connectivity index (χ3n) is 6.28. The number of fused-ring (bicyclic) bond motifs is 7. The molecule has 1 heteroatoms. The Morgan fingerprint density at radius 2 is 1.72 bits per heavy atom. The van der Waals surface area contributed by atoms with Crippen molar-refractivity contribution in [3.05, 3.63) is 64.7 Å². The lowest BCUT2D eigenvalue weighted by Gasteiger charge is -2.34. The average Bonchev–Trinajstić information content (AvgIpc) is 2.63. The maximum atomic E-state index is 12.2. The zero-order chi connectivity index (χ0) is 17.1. The Morgan fingerprint density at radius 3 is 2.60 bits per heavy atom. The first-order chi connectivity index (χ1) is 12.1. The van der Waals surface area contributed by atoms with E-state index >= 15 is 0 Å². The van der Waals surface area contributed by atoms with E-state index in [-0.39, 0.29) is 0 Å². The van der Waals surface area contributed by atoms with Gasteiger partial charge in [0.25, 0.3) is 0 Å². The summed E-state index contributed by atoms with van der Waals surface area (Å²) >= 11 is 0. The number of benzene rings is 3. The number of rotatable bonds is 0. The molecule has 0 unspecified atom stereocenters. The van der Waals surface area contributed by atoms with Gasteiger partial charge < -0.3 is 0 Å². The van der Waals surface area contributed by atoms with Crippen LogP contribution in [0.4, 0.5) is 0 Å². The minimum absolute atomic E-state index is 0.343. The number of hydrogen-bond acceptors (Lipinski definition) is 1. The normalized spacial score (nSPS) is 22.2. The molecule has 1 nitrogen and oxygen atoms in total. The molecule has 3 aromatic rings. The third-order valence-corrected chi connectivity index (χ3v) is 6.28. The Balaban J connectivity index is 1.94. The Labute approximate surface area is 148 Å².